The van der Waals surface area contributed by atoms with E-state index in [0.29, 0.717) is 11.4 Å². The standard InChI is InChI=1S/C18H26N2O3/c1-22-17-6-5-15(13-16(17)19-21)18(7-2-3-8-18)14-20-9-4-11-23-12-10-20/h5-6,13H,2-4,7-12,14H2,1H3/p+1. The van der Waals surface area contributed by atoms with E-state index in [9.17, 15) is 4.91 Å². The SMILES string of the molecule is COc1ccc(C2(CN3CCC[OH+]CC3)CCCC2)cc1N=O. The van der Waals surface area contributed by atoms with Crippen molar-refractivity contribution in [1.29, 1.82) is 0 Å². The van der Waals surface area contributed by atoms with Gasteiger partial charge in [0.2, 0.25) is 0 Å². The van der Waals surface area contributed by atoms with Crippen LogP contribution in [-0.4, -0.2) is 49.6 Å². The summed E-state index contributed by atoms with van der Waals surface area (Å²) in [7, 11) is 1.58. The number of ether oxygens (including phenoxy) is 2. The first kappa shape index (κ1) is 16.4. The minimum absolute atomic E-state index is 0.149. The lowest BCUT2D eigenvalue weighted by molar-refractivity contribution is -0.0296. The second-order valence-electron chi connectivity index (χ2n) is 6.77. The van der Waals surface area contributed by atoms with Crippen molar-refractivity contribution in [3.05, 3.63) is 28.7 Å². The fourth-order valence-corrected chi connectivity index (χ4v) is 4.11. The number of nitroso groups, excluding NO2 is 1. The average Bonchev–Trinajstić information content (AvgIpc) is 2.92. The zero-order valence-electron chi connectivity index (χ0n) is 14.0. The summed E-state index contributed by atoms with van der Waals surface area (Å²) in [4.78, 5) is 13.7. The molecule has 0 amide bonds. The minimum atomic E-state index is 0.149. The molecular formula is C18H27N2O3+. The topological polar surface area (TPSA) is 54.7 Å². The van der Waals surface area contributed by atoms with Gasteiger partial charge in [-0.3, -0.25) is 4.90 Å². The van der Waals surface area contributed by atoms with Crippen molar-refractivity contribution >= 4 is 5.69 Å². The lowest BCUT2D eigenvalue weighted by Gasteiger charge is -2.35. The van der Waals surface area contributed by atoms with E-state index in [0.717, 1.165) is 39.3 Å². The number of hydrogen-bond acceptors (Lipinski definition) is 4. The van der Waals surface area contributed by atoms with E-state index in [1.165, 1.54) is 31.2 Å². The largest absolute Gasteiger partial charge is 0.494 e. The molecule has 1 heterocycles. The van der Waals surface area contributed by atoms with Crippen molar-refractivity contribution in [3.63, 3.8) is 0 Å². The van der Waals surface area contributed by atoms with E-state index in [1.54, 1.807) is 7.11 Å². The fraction of sp³-hybridized carbons (Fsp3) is 0.667. The number of rotatable bonds is 5. The molecule has 5 heteroatoms. The summed E-state index contributed by atoms with van der Waals surface area (Å²) in [6, 6.07) is 5.96. The van der Waals surface area contributed by atoms with Gasteiger partial charge in [-0.15, -0.1) is 4.91 Å². The van der Waals surface area contributed by atoms with E-state index in [-0.39, 0.29) is 5.41 Å². The molecule has 2 aliphatic rings. The van der Waals surface area contributed by atoms with Gasteiger partial charge in [-0.1, -0.05) is 18.9 Å². The predicted octanol–water partition coefficient (Wildman–Crippen LogP) is 3.14. The lowest BCUT2D eigenvalue weighted by Crippen LogP contribution is -2.40. The van der Waals surface area contributed by atoms with Crippen LogP contribution in [0.5, 0.6) is 5.75 Å². The van der Waals surface area contributed by atoms with Gasteiger partial charge in [0.05, 0.1) is 13.7 Å². The zero-order valence-corrected chi connectivity index (χ0v) is 14.0. The summed E-state index contributed by atoms with van der Waals surface area (Å²) in [5.41, 5.74) is 1.81. The highest BCUT2D eigenvalue weighted by Crippen LogP contribution is 2.44. The summed E-state index contributed by atoms with van der Waals surface area (Å²) in [6.45, 7) is 5.18. The Labute approximate surface area is 137 Å². The Morgan fingerprint density at radius 3 is 2.78 bits per heavy atom. The van der Waals surface area contributed by atoms with Crippen molar-refractivity contribution in [2.75, 3.05) is 40.0 Å². The van der Waals surface area contributed by atoms with Crippen molar-refractivity contribution in [3.8, 4) is 5.75 Å². The second-order valence-corrected chi connectivity index (χ2v) is 6.77. The van der Waals surface area contributed by atoms with E-state index >= 15 is 0 Å². The van der Waals surface area contributed by atoms with Crippen LogP contribution in [0.1, 0.15) is 37.7 Å². The minimum Gasteiger partial charge on any atom is -0.494 e. The Kier molecular flexibility index (Phi) is 5.28. The molecule has 1 aliphatic carbocycles. The highest BCUT2D eigenvalue weighted by atomic mass is 16.5. The molecule has 23 heavy (non-hydrogen) atoms. The third kappa shape index (κ3) is 3.56. The smallest absolute Gasteiger partial charge is 0.157 e. The maximum absolute atomic E-state index is 11.1. The van der Waals surface area contributed by atoms with E-state index in [1.807, 2.05) is 12.1 Å². The van der Waals surface area contributed by atoms with Crippen molar-refractivity contribution in [2.45, 2.75) is 37.5 Å². The molecule has 1 aromatic rings. The van der Waals surface area contributed by atoms with Crippen LogP contribution < -0.4 is 4.74 Å². The molecule has 0 spiro atoms. The van der Waals surface area contributed by atoms with Crippen LogP contribution in [0.25, 0.3) is 0 Å². The highest BCUT2D eigenvalue weighted by Gasteiger charge is 2.38. The second kappa shape index (κ2) is 7.41. The Balaban J connectivity index is 1.86. The van der Waals surface area contributed by atoms with Crippen LogP contribution in [-0.2, 0) is 5.41 Å². The van der Waals surface area contributed by atoms with Crippen LogP contribution in [0.4, 0.5) is 5.69 Å². The van der Waals surface area contributed by atoms with Gasteiger partial charge < -0.3 is 9.47 Å². The summed E-state index contributed by atoms with van der Waals surface area (Å²) in [5.74, 6) is 0.561. The zero-order chi connectivity index (χ0) is 16.1. The van der Waals surface area contributed by atoms with Gasteiger partial charge >= 0.3 is 0 Å². The van der Waals surface area contributed by atoms with Crippen molar-refractivity contribution in [2.24, 2.45) is 5.18 Å². The number of hydrogen-bond donors (Lipinski definition) is 0. The van der Waals surface area contributed by atoms with Crippen LogP contribution in [0, 0.1) is 4.91 Å². The van der Waals surface area contributed by atoms with Crippen LogP contribution in [0.3, 0.4) is 0 Å². The van der Waals surface area contributed by atoms with Crippen LogP contribution >= 0.6 is 0 Å². The normalized spacial score (nSPS) is 21.8. The molecule has 1 aliphatic heterocycles. The van der Waals surface area contributed by atoms with Gasteiger partial charge in [0.1, 0.15) is 18.0 Å². The molecule has 0 radical (unpaired) electrons. The van der Waals surface area contributed by atoms with Gasteiger partial charge in [0.15, 0.2) is 6.61 Å². The van der Waals surface area contributed by atoms with Crippen LogP contribution in [0.15, 0.2) is 23.4 Å². The Bertz CT molecular complexity index is 533. The summed E-state index contributed by atoms with van der Waals surface area (Å²) < 4.78 is 9.76. The predicted molar refractivity (Wildman–Crippen MR) is 91.6 cm³/mol. The van der Waals surface area contributed by atoms with E-state index in [4.69, 9.17) is 4.74 Å². The molecule has 0 atom stereocenters. The Morgan fingerprint density at radius 2 is 2.04 bits per heavy atom. The molecular weight excluding hydrogens is 292 g/mol. The molecule has 1 N–H and O–H groups in total. The highest BCUT2D eigenvalue weighted by molar-refractivity contribution is 5.55. The number of nitrogens with zero attached hydrogens (tertiary/aromatic N) is 2. The monoisotopic (exact) mass is 319 g/mol. The van der Waals surface area contributed by atoms with Crippen molar-refractivity contribution < 1.29 is 9.47 Å². The summed E-state index contributed by atoms with van der Waals surface area (Å²) in [5, 5.41) is 3.16. The fourth-order valence-electron chi connectivity index (χ4n) is 4.11. The first-order chi connectivity index (χ1) is 11.3. The lowest BCUT2D eigenvalue weighted by atomic mass is 9.78. The molecule has 5 nitrogen and oxygen atoms in total. The quantitative estimate of drug-likeness (QED) is 0.619. The molecule has 1 saturated heterocycles. The average molecular weight is 319 g/mol. The van der Waals surface area contributed by atoms with Gasteiger partial charge in [0, 0.05) is 24.9 Å². The van der Waals surface area contributed by atoms with Crippen molar-refractivity contribution in [1.82, 2.24) is 4.90 Å². The molecule has 0 bridgehead atoms. The summed E-state index contributed by atoms with van der Waals surface area (Å²) in [6.07, 6.45) is 6.04. The molecule has 2 fully saturated rings. The molecule has 0 aromatic heterocycles. The number of aliphatic hydroxyl groups is 2. The molecule has 3 rings (SSSR count). The molecule has 1 aromatic carbocycles. The van der Waals surface area contributed by atoms with Crippen LogP contribution in [0.2, 0.25) is 0 Å². The van der Waals surface area contributed by atoms with Gasteiger partial charge in [-0.25, -0.2) is 0 Å². The Hall–Kier alpha value is -1.46. The van der Waals surface area contributed by atoms with E-state index in [2.05, 4.69) is 20.9 Å². The number of methoxy groups -OCH3 is 1. The van der Waals surface area contributed by atoms with E-state index < -0.39 is 0 Å². The number of benzene rings is 1. The third-order valence-corrected chi connectivity index (χ3v) is 5.34. The molecule has 126 valence electrons. The maximum Gasteiger partial charge on any atom is 0.157 e. The molecule has 0 unspecified atom stereocenters. The molecule has 1 saturated carbocycles. The summed E-state index contributed by atoms with van der Waals surface area (Å²) >= 11 is 0. The van der Waals surface area contributed by atoms with Gasteiger partial charge in [0.25, 0.3) is 0 Å². The third-order valence-electron chi connectivity index (χ3n) is 5.34. The first-order valence-electron chi connectivity index (χ1n) is 8.65. The maximum atomic E-state index is 11.1. The Morgan fingerprint density at radius 1 is 1.22 bits per heavy atom. The first-order valence-corrected chi connectivity index (χ1v) is 8.65. The van der Waals surface area contributed by atoms with Gasteiger partial charge in [-0.2, -0.15) is 0 Å². The van der Waals surface area contributed by atoms with Gasteiger partial charge in [-0.05, 0) is 35.7 Å².